The predicted molar refractivity (Wildman–Crippen MR) is 64.2 cm³/mol. The summed E-state index contributed by atoms with van der Waals surface area (Å²) in [4.78, 5) is 16.0. The van der Waals surface area contributed by atoms with E-state index in [9.17, 15) is 9.90 Å². The standard InChI is InChI=1S/C12H24N2O2/c1-4-5-6-14-8-10(2)7-13(3)11(9-15)12(14)16/h10-11,15H,4-9H2,1-3H3. The van der Waals surface area contributed by atoms with E-state index >= 15 is 0 Å². The Morgan fingerprint density at radius 2 is 2.12 bits per heavy atom. The summed E-state index contributed by atoms with van der Waals surface area (Å²) >= 11 is 0. The summed E-state index contributed by atoms with van der Waals surface area (Å²) in [5, 5.41) is 9.30. The Balaban J connectivity index is 2.71. The minimum absolute atomic E-state index is 0.0787. The number of nitrogens with zero attached hydrogens (tertiary/aromatic N) is 2. The van der Waals surface area contributed by atoms with Crippen molar-refractivity contribution in [2.24, 2.45) is 5.92 Å². The van der Waals surface area contributed by atoms with Crippen molar-refractivity contribution < 1.29 is 9.90 Å². The topological polar surface area (TPSA) is 43.8 Å². The number of likely N-dealkylation sites (N-methyl/N-ethyl adjacent to an activating group) is 1. The summed E-state index contributed by atoms with van der Waals surface area (Å²) in [5.74, 6) is 0.560. The van der Waals surface area contributed by atoms with E-state index < -0.39 is 0 Å². The highest BCUT2D eigenvalue weighted by Gasteiger charge is 2.32. The third-order valence-corrected chi connectivity index (χ3v) is 3.22. The molecule has 1 aliphatic heterocycles. The molecule has 0 saturated carbocycles. The van der Waals surface area contributed by atoms with Gasteiger partial charge in [-0.05, 0) is 19.4 Å². The Bertz CT molecular complexity index is 233. The van der Waals surface area contributed by atoms with Crippen LogP contribution >= 0.6 is 0 Å². The second kappa shape index (κ2) is 6.21. The lowest BCUT2D eigenvalue weighted by molar-refractivity contribution is -0.136. The van der Waals surface area contributed by atoms with Crippen LogP contribution in [0.3, 0.4) is 0 Å². The van der Waals surface area contributed by atoms with E-state index in [-0.39, 0.29) is 18.6 Å². The number of aliphatic hydroxyl groups excluding tert-OH is 1. The average Bonchev–Trinajstić information content (AvgIpc) is 2.33. The Morgan fingerprint density at radius 3 is 2.69 bits per heavy atom. The molecule has 1 amide bonds. The number of rotatable bonds is 4. The van der Waals surface area contributed by atoms with Crippen molar-refractivity contribution in [1.82, 2.24) is 9.80 Å². The van der Waals surface area contributed by atoms with Gasteiger partial charge in [-0.2, -0.15) is 0 Å². The molecule has 0 aliphatic carbocycles. The van der Waals surface area contributed by atoms with E-state index in [0.717, 1.165) is 32.5 Å². The van der Waals surface area contributed by atoms with Crippen LogP contribution in [0.2, 0.25) is 0 Å². The Labute approximate surface area is 98.2 Å². The van der Waals surface area contributed by atoms with E-state index in [0.29, 0.717) is 5.92 Å². The van der Waals surface area contributed by atoms with Gasteiger partial charge in [-0.1, -0.05) is 20.3 Å². The molecule has 4 nitrogen and oxygen atoms in total. The summed E-state index contributed by atoms with van der Waals surface area (Å²) in [6, 6.07) is -0.346. The van der Waals surface area contributed by atoms with Crippen LogP contribution in [0.4, 0.5) is 0 Å². The van der Waals surface area contributed by atoms with Gasteiger partial charge in [0.05, 0.1) is 6.61 Å². The molecular weight excluding hydrogens is 204 g/mol. The smallest absolute Gasteiger partial charge is 0.242 e. The van der Waals surface area contributed by atoms with Crippen molar-refractivity contribution in [2.75, 3.05) is 33.3 Å². The molecule has 1 N–H and O–H groups in total. The average molecular weight is 228 g/mol. The second-order valence-electron chi connectivity index (χ2n) is 4.88. The maximum absolute atomic E-state index is 12.2. The van der Waals surface area contributed by atoms with Crippen LogP contribution in [0.5, 0.6) is 0 Å². The minimum atomic E-state index is -0.346. The molecule has 1 saturated heterocycles. The zero-order chi connectivity index (χ0) is 12.1. The summed E-state index contributed by atoms with van der Waals surface area (Å²) in [6.07, 6.45) is 2.14. The molecule has 4 heteroatoms. The van der Waals surface area contributed by atoms with Crippen LogP contribution in [-0.4, -0.2) is 60.1 Å². The number of aliphatic hydroxyl groups is 1. The summed E-state index contributed by atoms with van der Waals surface area (Å²) in [6.45, 7) is 6.72. The van der Waals surface area contributed by atoms with Gasteiger partial charge in [0.2, 0.25) is 5.91 Å². The highest BCUT2D eigenvalue weighted by Crippen LogP contribution is 2.14. The van der Waals surface area contributed by atoms with Crippen molar-refractivity contribution in [1.29, 1.82) is 0 Å². The maximum atomic E-state index is 12.2. The van der Waals surface area contributed by atoms with E-state index in [1.54, 1.807) is 0 Å². The fourth-order valence-electron chi connectivity index (χ4n) is 2.31. The van der Waals surface area contributed by atoms with Crippen molar-refractivity contribution in [3.05, 3.63) is 0 Å². The molecule has 0 aromatic rings. The lowest BCUT2D eigenvalue weighted by Crippen LogP contribution is -2.46. The number of unbranched alkanes of at least 4 members (excludes halogenated alkanes) is 1. The van der Waals surface area contributed by atoms with E-state index in [1.165, 1.54) is 0 Å². The van der Waals surface area contributed by atoms with Crippen LogP contribution in [-0.2, 0) is 4.79 Å². The van der Waals surface area contributed by atoms with Crippen LogP contribution in [0.1, 0.15) is 26.7 Å². The first-order chi connectivity index (χ1) is 7.60. The quantitative estimate of drug-likeness (QED) is 0.764. The summed E-state index contributed by atoms with van der Waals surface area (Å²) in [5.41, 5.74) is 0. The summed E-state index contributed by atoms with van der Waals surface area (Å²) < 4.78 is 0. The van der Waals surface area contributed by atoms with Crippen LogP contribution in [0.15, 0.2) is 0 Å². The Hall–Kier alpha value is -0.610. The van der Waals surface area contributed by atoms with Gasteiger partial charge in [-0.25, -0.2) is 0 Å². The van der Waals surface area contributed by atoms with Gasteiger partial charge in [-0.15, -0.1) is 0 Å². The molecule has 0 aromatic carbocycles. The minimum Gasteiger partial charge on any atom is -0.394 e. The fraction of sp³-hybridized carbons (Fsp3) is 0.917. The van der Waals surface area contributed by atoms with Gasteiger partial charge in [0.1, 0.15) is 6.04 Å². The van der Waals surface area contributed by atoms with Gasteiger partial charge in [0, 0.05) is 19.6 Å². The third kappa shape index (κ3) is 3.19. The highest BCUT2D eigenvalue weighted by atomic mass is 16.3. The van der Waals surface area contributed by atoms with Crippen molar-refractivity contribution in [3.8, 4) is 0 Å². The first kappa shape index (κ1) is 13.5. The van der Waals surface area contributed by atoms with Gasteiger partial charge < -0.3 is 10.0 Å². The monoisotopic (exact) mass is 228 g/mol. The van der Waals surface area contributed by atoms with Crippen LogP contribution in [0, 0.1) is 5.92 Å². The van der Waals surface area contributed by atoms with E-state index in [1.807, 2.05) is 16.8 Å². The van der Waals surface area contributed by atoms with Crippen molar-refractivity contribution in [3.63, 3.8) is 0 Å². The molecule has 1 rings (SSSR count). The lowest BCUT2D eigenvalue weighted by Gasteiger charge is -2.26. The van der Waals surface area contributed by atoms with Crippen molar-refractivity contribution in [2.45, 2.75) is 32.7 Å². The molecule has 1 aliphatic rings. The summed E-state index contributed by atoms with van der Waals surface area (Å²) in [7, 11) is 1.92. The Kier molecular flexibility index (Phi) is 5.22. The van der Waals surface area contributed by atoms with Crippen LogP contribution < -0.4 is 0 Å². The van der Waals surface area contributed by atoms with Crippen molar-refractivity contribution >= 4 is 5.91 Å². The van der Waals surface area contributed by atoms with E-state index in [2.05, 4.69) is 13.8 Å². The number of carbonyl (C=O) groups is 1. The molecule has 2 unspecified atom stereocenters. The van der Waals surface area contributed by atoms with E-state index in [4.69, 9.17) is 0 Å². The molecular formula is C12H24N2O2. The third-order valence-electron chi connectivity index (χ3n) is 3.22. The molecule has 1 fully saturated rings. The number of hydrogen-bond donors (Lipinski definition) is 1. The first-order valence-corrected chi connectivity index (χ1v) is 6.20. The normalized spacial score (nSPS) is 28.2. The number of amides is 1. The number of carbonyl (C=O) groups excluding carboxylic acids is 1. The Morgan fingerprint density at radius 1 is 1.44 bits per heavy atom. The molecule has 16 heavy (non-hydrogen) atoms. The molecule has 0 spiro atoms. The molecule has 2 atom stereocenters. The van der Waals surface area contributed by atoms with Gasteiger partial charge in [0.15, 0.2) is 0 Å². The first-order valence-electron chi connectivity index (χ1n) is 6.20. The lowest BCUT2D eigenvalue weighted by atomic mass is 10.1. The molecule has 0 radical (unpaired) electrons. The zero-order valence-corrected chi connectivity index (χ0v) is 10.6. The molecule has 94 valence electrons. The molecule has 0 bridgehead atoms. The molecule has 1 heterocycles. The van der Waals surface area contributed by atoms with Crippen LogP contribution in [0.25, 0.3) is 0 Å². The zero-order valence-electron chi connectivity index (χ0n) is 10.6. The SMILES string of the molecule is CCCCN1CC(C)CN(C)C(CO)C1=O. The highest BCUT2D eigenvalue weighted by molar-refractivity contribution is 5.82. The molecule has 0 aromatic heterocycles. The maximum Gasteiger partial charge on any atom is 0.242 e. The fourth-order valence-corrected chi connectivity index (χ4v) is 2.31. The van der Waals surface area contributed by atoms with Gasteiger partial charge in [0.25, 0.3) is 0 Å². The number of hydrogen-bond acceptors (Lipinski definition) is 3. The predicted octanol–water partition coefficient (Wildman–Crippen LogP) is 0.558. The van der Waals surface area contributed by atoms with Gasteiger partial charge in [-0.3, -0.25) is 9.69 Å². The largest absolute Gasteiger partial charge is 0.394 e. The second-order valence-corrected chi connectivity index (χ2v) is 4.88. The van der Waals surface area contributed by atoms with Gasteiger partial charge >= 0.3 is 0 Å².